The van der Waals surface area contributed by atoms with Crippen molar-refractivity contribution < 1.29 is 0 Å². The largest absolute Gasteiger partial charge is 0.319 e. The average molecular weight is 210 g/mol. The minimum absolute atomic E-state index is 0.860. The molecule has 1 aromatic rings. The molecule has 1 fully saturated rings. The van der Waals surface area contributed by atoms with E-state index in [9.17, 15) is 0 Å². The minimum atomic E-state index is 0.860. The van der Waals surface area contributed by atoms with Gasteiger partial charge in [-0.2, -0.15) is 11.3 Å². The molecule has 0 radical (unpaired) electrons. The lowest BCUT2D eigenvalue weighted by Crippen LogP contribution is -2.24. The monoisotopic (exact) mass is 210 g/mol. The highest BCUT2D eigenvalue weighted by Crippen LogP contribution is 2.18. The molecule has 2 nitrogen and oxygen atoms in total. The van der Waals surface area contributed by atoms with Gasteiger partial charge in [-0.25, -0.2) is 0 Å². The Morgan fingerprint density at radius 1 is 1.64 bits per heavy atom. The second-order valence-corrected chi connectivity index (χ2v) is 4.86. The maximum absolute atomic E-state index is 3.26. The van der Waals surface area contributed by atoms with Crippen molar-refractivity contribution >= 4 is 11.3 Å². The number of hydrogen-bond donors (Lipinski definition) is 1. The van der Waals surface area contributed by atoms with Crippen LogP contribution in [0.2, 0.25) is 0 Å². The zero-order chi connectivity index (χ0) is 9.80. The molecule has 0 amide bonds. The highest BCUT2D eigenvalue weighted by atomic mass is 32.1. The smallest absolute Gasteiger partial charge is 0.0242 e. The van der Waals surface area contributed by atoms with E-state index in [1.807, 2.05) is 7.05 Å². The zero-order valence-corrected chi connectivity index (χ0v) is 9.52. The molecule has 1 atom stereocenters. The van der Waals surface area contributed by atoms with Crippen LogP contribution in [0.15, 0.2) is 16.8 Å². The summed E-state index contributed by atoms with van der Waals surface area (Å²) in [6.45, 7) is 4.84. The molecule has 0 bridgehead atoms. The summed E-state index contributed by atoms with van der Waals surface area (Å²) in [5.74, 6) is 0.860. The Morgan fingerprint density at radius 2 is 2.57 bits per heavy atom. The van der Waals surface area contributed by atoms with Crippen molar-refractivity contribution in [3.63, 3.8) is 0 Å². The molecule has 1 saturated heterocycles. The van der Waals surface area contributed by atoms with Crippen LogP contribution in [0.25, 0.3) is 0 Å². The summed E-state index contributed by atoms with van der Waals surface area (Å²) in [6.07, 6.45) is 1.35. The molecule has 2 rings (SSSR count). The highest BCUT2D eigenvalue weighted by molar-refractivity contribution is 7.07. The van der Waals surface area contributed by atoms with Crippen LogP contribution in [-0.4, -0.2) is 31.6 Å². The Hall–Kier alpha value is -0.380. The maximum atomic E-state index is 3.26. The number of hydrogen-bond acceptors (Lipinski definition) is 3. The molecule has 1 aliphatic heterocycles. The van der Waals surface area contributed by atoms with Gasteiger partial charge in [-0.05, 0) is 54.9 Å². The van der Waals surface area contributed by atoms with E-state index in [0.29, 0.717) is 0 Å². The summed E-state index contributed by atoms with van der Waals surface area (Å²) in [6, 6.07) is 2.23. The van der Waals surface area contributed by atoms with Gasteiger partial charge in [0.05, 0.1) is 0 Å². The molecule has 3 heteroatoms. The SMILES string of the molecule is CNCC1CCN(Cc2ccsc2)C1. The van der Waals surface area contributed by atoms with E-state index >= 15 is 0 Å². The van der Waals surface area contributed by atoms with Gasteiger partial charge in [-0.15, -0.1) is 0 Å². The zero-order valence-electron chi connectivity index (χ0n) is 8.70. The lowest BCUT2D eigenvalue weighted by atomic mass is 10.1. The van der Waals surface area contributed by atoms with Gasteiger partial charge < -0.3 is 5.32 Å². The van der Waals surface area contributed by atoms with Crippen molar-refractivity contribution in [3.8, 4) is 0 Å². The van der Waals surface area contributed by atoms with E-state index in [4.69, 9.17) is 0 Å². The van der Waals surface area contributed by atoms with Crippen molar-refractivity contribution in [2.75, 3.05) is 26.7 Å². The van der Waals surface area contributed by atoms with E-state index in [-0.39, 0.29) is 0 Å². The fourth-order valence-electron chi connectivity index (χ4n) is 2.15. The summed E-state index contributed by atoms with van der Waals surface area (Å²) in [7, 11) is 2.04. The van der Waals surface area contributed by atoms with Gasteiger partial charge in [0.25, 0.3) is 0 Å². The first kappa shape index (κ1) is 10.1. The van der Waals surface area contributed by atoms with Crippen LogP contribution >= 0.6 is 11.3 Å². The number of nitrogens with zero attached hydrogens (tertiary/aromatic N) is 1. The third kappa shape index (κ3) is 2.56. The summed E-state index contributed by atoms with van der Waals surface area (Å²) >= 11 is 1.80. The topological polar surface area (TPSA) is 15.3 Å². The summed E-state index contributed by atoms with van der Waals surface area (Å²) in [4.78, 5) is 2.56. The Balaban J connectivity index is 1.79. The first-order valence-corrected chi connectivity index (χ1v) is 6.21. The minimum Gasteiger partial charge on any atom is -0.319 e. The second-order valence-electron chi connectivity index (χ2n) is 4.08. The second kappa shape index (κ2) is 4.91. The predicted molar refractivity (Wildman–Crippen MR) is 61.6 cm³/mol. The van der Waals surface area contributed by atoms with Crippen LogP contribution in [0.1, 0.15) is 12.0 Å². The molecule has 0 aromatic carbocycles. The number of nitrogens with one attached hydrogen (secondary N) is 1. The lowest BCUT2D eigenvalue weighted by Gasteiger charge is -2.14. The van der Waals surface area contributed by atoms with Gasteiger partial charge in [0.1, 0.15) is 0 Å². The predicted octanol–water partition coefficient (Wildman–Crippen LogP) is 1.79. The summed E-state index contributed by atoms with van der Waals surface area (Å²) in [5, 5.41) is 7.68. The standard InChI is InChI=1S/C11H18N2S/c1-12-6-10-2-4-13(7-10)8-11-3-5-14-9-11/h3,5,9-10,12H,2,4,6-8H2,1H3. The summed E-state index contributed by atoms with van der Waals surface area (Å²) in [5.41, 5.74) is 1.47. The van der Waals surface area contributed by atoms with Gasteiger partial charge in [-0.3, -0.25) is 4.90 Å². The van der Waals surface area contributed by atoms with Gasteiger partial charge >= 0.3 is 0 Å². The molecule has 78 valence electrons. The molecule has 2 heterocycles. The molecule has 0 saturated carbocycles. The average Bonchev–Trinajstić information content (AvgIpc) is 2.79. The van der Waals surface area contributed by atoms with Gasteiger partial charge in [0.15, 0.2) is 0 Å². The Bertz CT molecular complexity index is 258. The maximum Gasteiger partial charge on any atom is 0.0242 e. The fraction of sp³-hybridized carbons (Fsp3) is 0.636. The van der Waals surface area contributed by atoms with Gasteiger partial charge in [0.2, 0.25) is 0 Å². The molecular weight excluding hydrogens is 192 g/mol. The Morgan fingerprint density at radius 3 is 3.29 bits per heavy atom. The van der Waals surface area contributed by atoms with E-state index in [1.54, 1.807) is 11.3 Å². The molecular formula is C11H18N2S. The van der Waals surface area contributed by atoms with E-state index < -0.39 is 0 Å². The van der Waals surface area contributed by atoms with E-state index in [0.717, 1.165) is 12.5 Å². The molecule has 1 aliphatic rings. The molecule has 1 unspecified atom stereocenters. The lowest BCUT2D eigenvalue weighted by molar-refractivity contribution is 0.316. The van der Waals surface area contributed by atoms with Crippen LogP contribution < -0.4 is 5.32 Å². The van der Waals surface area contributed by atoms with Gasteiger partial charge in [-0.1, -0.05) is 0 Å². The Labute approximate surface area is 89.9 Å². The van der Waals surface area contributed by atoms with Crippen molar-refractivity contribution in [1.82, 2.24) is 10.2 Å². The van der Waals surface area contributed by atoms with Crippen LogP contribution in [-0.2, 0) is 6.54 Å². The van der Waals surface area contributed by atoms with Crippen LogP contribution in [0.3, 0.4) is 0 Å². The Kier molecular flexibility index (Phi) is 3.56. The van der Waals surface area contributed by atoms with E-state index in [1.165, 1.54) is 31.6 Å². The first-order chi connectivity index (χ1) is 6.88. The first-order valence-electron chi connectivity index (χ1n) is 5.26. The molecule has 0 spiro atoms. The third-order valence-corrected chi connectivity index (χ3v) is 3.58. The quantitative estimate of drug-likeness (QED) is 0.815. The molecule has 0 aliphatic carbocycles. The van der Waals surface area contributed by atoms with Crippen LogP contribution in [0.4, 0.5) is 0 Å². The normalized spacial score (nSPS) is 23.1. The summed E-state index contributed by atoms with van der Waals surface area (Å²) < 4.78 is 0. The van der Waals surface area contributed by atoms with Crippen LogP contribution in [0, 0.1) is 5.92 Å². The number of likely N-dealkylation sites (tertiary alicyclic amines) is 1. The highest BCUT2D eigenvalue weighted by Gasteiger charge is 2.21. The fourth-order valence-corrected chi connectivity index (χ4v) is 2.81. The van der Waals surface area contributed by atoms with Crippen molar-refractivity contribution in [2.45, 2.75) is 13.0 Å². The van der Waals surface area contributed by atoms with Gasteiger partial charge in [0, 0.05) is 13.1 Å². The van der Waals surface area contributed by atoms with Crippen molar-refractivity contribution in [1.29, 1.82) is 0 Å². The van der Waals surface area contributed by atoms with Crippen molar-refractivity contribution in [2.24, 2.45) is 5.92 Å². The molecule has 1 N–H and O–H groups in total. The van der Waals surface area contributed by atoms with Crippen LogP contribution in [0.5, 0.6) is 0 Å². The van der Waals surface area contributed by atoms with E-state index in [2.05, 4.69) is 27.0 Å². The van der Waals surface area contributed by atoms with Crippen molar-refractivity contribution in [3.05, 3.63) is 22.4 Å². The molecule has 14 heavy (non-hydrogen) atoms. The number of rotatable bonds is 4. The third-order valence-electron chi connectivity index (χ3n) is 2.85. The number of thiophene rings is 1. The molecule has 1 aromatic heterocycles.